The molecule has 0 bridgehead atoms. The lowest BCUT2D eigenvalue weighted by Crippen LogP contribution is -2.38. The summed E-state index contributed by atoms with van der Waals surface area (Å²) in [6.45, 7) is 5.78. The van der Waals surface area contributed by atoms with Crippen LogP contribution >= 0.6 is 34.7 Å². The number of carboxylic acid groups (broad SMARTS) is 1. The molecule has 1 unspecified atom stereocenters. The highest BCUT2D eigenvalue weighted by Gasteiger charge is 2.40. The van der Waals surface area contributed by atoms with Crippen molar-refractivity contribution >= 4 is 52.4 Å². The van der Waals surface area contributed by atoms with Crippen LogP contribution in [0.25, 0.3) is 5.69 Å². The van der Waals surface area contributed by atoms with Gasteiger partial charge in [0, 0.05) is 20.9 Å². The third-order valence-electron chi connectivity index (χ3n) is 4.95. The lowest BCUT2D eigenvalue weighted by Gasteiger charge is -2.23. The van der Waals surface area contributed by atoms with Crippen LogP contribution in [0.15, 0.2) is 41.8 Å². The molecule has 3 heterocycles. The maximum atomic E-state index is 13.1. The van der Waals surface area contributed by atoms with E-state index in [9.17, 15) is 14.7 Å². The molecule has 1 aliphatic rings. The third-order valence-corrected chi connectivity index (χ3v) is 7.51. The zero-order valence-electron chi connectivity index (χ0n) is 17.3. The second-order valence-corrected chi connectivity index (χ2v) is 10.8. The molecule has 0 saturated carbocycles. The average molecular weight is 476 g/mol. The quantitative estimate of drug-likeness (QED) is 0.565. The highest BCUT2D eigenvalue weighted by atomic mass is 35.5. The number of carbonyl (C=O) groups is 2. The number of carboxylic acids is 1. The van der Waals surface area contributed by atoms with Crippen LogP contribution in [0.5, 0.6) is 0 Å². The van der Waals surface area contributed by atoms with Gasteiger partial charge in [0.05, 0.1) is 22.4 Å². The molecular formula is C22H22ClN3O3S2. The fourth-order valence-corrected chi connectivity index (χ4v) is 6.02. The van der Waals surface area contributed by atoms with E-state index >= 15 is 0 Å². The Morgan fingerprint density at radius 3 is 2.68 bits per heavy atom. The van der Waals surface area contributed by atoms with E-state index in [-0.39, 0.29) is 22.3 Å². The number of rotatable bonds is 4. The van der Waals surface area contributed by atoms with Gasteiger partial charge in [-0.15, -0.1) is 23.1 Å². The minimum Gasteiger partial charge on any atom is -0.480 e. The molecule has 0 saturated heterocycles. The summed E-state index contributed by atoms with van der Waals surface area (Å²) in [7, 11) is 0. The number of hydrogen-bond acceptors (Lipinski definition) is 5. The van der Waals surface area contributed by atoms with Gasteiger partial charge in [0.15, 0.2) is 0 Å². The lowest BCUT2D eigenvalue weighted by atomic mass is 9.88. The topological polar surface area (TPSA) is 75.4 Å². The van der Waals surface area contributed by atoms with Crippen LogP contribution in [0, 0.1) is 0 Å². The minimum absolute atomic E-state index is 0.125. The maximum Gasteiger partial charge on any atom is 0.323 e. The van der Waals surface area contributed by atoms with E-state index in [2.05, 4.69) is 20.8 Å². The van der Waals surface area contributed by atoms with Crippen molar-refractivity contribution in [3.05, 3.63) is 62.9 Å². The number of amides is 1. The number of benzene rings is 1. The SMILES string of the molecule is CC(C)(C)c1nn(-c2cccc(Cl)c2)c2c1C(c1cccs1)SCC(=O)N2CC(=O)O. The van der Waals surface area contributed by atoms with E-state index in [4.69, 9.17) is 16.7 Å². The van der Waals surface area contributed by atoms with Crippen molar-refractivity contribution in [2.24, 2.45) is 0 Å². The summed E-state index contributed by atoms with van der Waals surface area (Å²) in [6.07, 6.45) is 0. The summed E-state index contributed by atoms with van der Waals surface area (Å²) in [5, 5.41) is 16.9. The molecule has 1 aliphatic heterocycles. The third kappa shape index (κ3) is 4.24. The van der Waals surface area contributed by atoms with E-state index in [0.717, 1.165) is 16.1 Å². The number of thioether (sulfide) groups is 1. The molecule has 0 fully saturated rings. The first-order valence-corrected chi connectivity index (χ1v) is 12.0. The van der Waals surface area contributed by atoms with Crippen molar-refractivity contribution in [1.29, 1.82) is 0 Å². The minimum atomic E-state index is -1.07. The van der Waals surface area contributed by atoms with Crippen molar-refractivity contribution in [2.45, 2.75) is 31.4 Å². The van der Waals surface area contributed by atoms with Gasteiger partial charge >= 0.3 is 5.97 Å². The lowest BCUT2D eigenvalue weighted by molar-refractivity contribution is -0.136. The summed E-state index contributed by atoms with van der Waals surface area (Å²) in [4.78, 5) is 27.3. The van der Waals surface area contributed by atoms with Crippen molar-refractivity contribution in [3.8, 4) is 5.69 Å². The summed E-state index contributed by atoms with van der Waals surface area (Å²) < 4.78 is 1.68. The molecule has 3 aromatic rings. The monoisotopic (exact) mass is 475 g/mol. The molecule has 0 spiro atoms. The summed E-state index contributed by atoms with van der Waals surface area (Å²) in [5.74, 6) is -0.640. The Kier molecular flexibility index (Phi) is 5.89. The smallest absolute Gasteiger partial charge is 0.323 e. The number of carbonyl (C=O) groups excluding carboxylic acids is 1. The summed E-state index contributed by atoms with van der Waals surface area (Å²) in [6, 6.07) is 11.2. The first kappa shape index (κ1) is 21.9. The number of fused-ring (bicyclic) bond motifs is 1. The molecule has 6 nitrogen and oxygen atoms in total. The Labute approximate surface area is 193 Å². The predicted molar refractivity (Wildman–Crippen MR) is 126 cm³/mol. The largest absolute Gasteiger partial charge is 0.480 e. The highest BCUT2D eigenvalue weighted by Crippen LogP contribution is 2.49. The molecule has 0 radical (unpaired) electrons. The normalized spacial score (nSPS) is 16.8. The second-order valence-electron chi connectivity index (χ2n) is 8.31. The molecule has 1 atom stereocenters. The number of thiophene rings is 1. The van der Waals surface area contributed by atoms with E-state index in [1.54, 1.807) is 28.2 Å². The van der Waals surface area contributed by atoms with Crippen LogP contribution in [0.2, 0.25) is 5.02 Å². The first-order chi connectivity index (χ1) is 14.7. The summed E-state index contributed by atoms with van der Waals surface area (Å²) in [5.41, 5.74) is 2.07. The number of anilines is 1. The van der Waals surface area contributed by atoms with Crippen molar-refractivity contribution in [2.75, 3.05) is 17.2 Å². The van der Waals surface area contributed by atoms with Crippen molar-refractivity contribution in [1.82, 2.24) is 9.78 Å². The van der Waals surface area contributed by atoms with Crippen molar-refractivity contribution in [3.63, 3.8) is 0 Å². The first-order valence-electron chi connectivity index (χ1n) is 9.73. The van der Waals surface area contributed by atoms with Crippen LogP contribution < -0.4 is 4.90 Å². The van der Waals surface area contributed by atoms with Crippen LogP contribution in [0.3, 0.4) is 0 Å². The molecule has 0 aliphatic carbocycles. The predicted octanol–water partition coefficient (Wildman–Crippen LogP) is 5.14. The Balaban J connectivity index is 2.07. The number of aliphatic carboxylic acids is 1. The molecule has 1 aromatic carbocycles. The van der Waals surface area contributed by atoms with Gasteiger partial charge < -0.3 is 5.11 Å². The van der Waals surface area contributed by atoms with Gasteiger partial charge in [0.25, 0.3) is 0 Å². The fourth-order valence-electron chi connectivity index (χ4n) is 3.66. The van der Waals surface area contributed by atoms with E-state index in [1.807, 2.05) is 29.6 Å². The Morgan fingerprint density at radius 2 is 2.06 bits per heavy atom. The van der Waals surface area contributed by atoms with E-state index in [1.165, 1.54) is 16.7 Å². The zero-order chi connectivity index (χ0) is 22.3. The molecule has 1 N–H and O–H groups in total. The number of halogens is 1. The number of aromatic nitrogens is 2. The summed E-state index contributed by atoms with van der Waals surface area (Å²) >= 11 is 9.38. The van der Waals surface area contributed by atoms with Gasteiger partial charge in [0.2, 0.25) is 5.91 Å². The molecule has 9 heteroatoms. The van der Waals surface area contributed by atoms with Crippen molar-refractivity contribution < 1.29 is 14.7 Å². The molecular weight excluding hydrogens is 454 g/mol. The standard InChI is InChI=1S/C22H22ClN3O3S2/c1-22(2,3)20-18-19(15-8-5-9-30-15)31-12-16(27)25(11-17(28)29)21(18)26(24-20)14-7-4-6-13(23)10-14/h4-10,19H,11-12H2,1-3H3,(H,28,29). The van der Waals surface area contributed by atoms with Gasteiger partial charge in [-0.1, -0.05) is 44.5 Å². The molecule has 4 rings (SSSR count). The number of nitrogens with zero attached hydrogens (tertiary/aromatic N) is 3. The van der Waals surface area contributed by atoms with Crippen LogP contribution in [0.1, 0.15) is 42.2 Å². The highest BCUT2D eigenvalue weighted by molar-refractivity contribution is 8.00. The van der Waals surface area contributed by atoms with Gasteiger partial charge in [-0.25, -0.2) is 4.68 Å². The number of hydrogen-bond donors (Lipinski definition) is 1. The van der Waals surface area contributed by atoms with Crippen LogP contribution in [0.4, 0.5) is 5.82 Å². The zero-order valence-corrected chi connectivity index (χ0v) is 19.7. The molecule has 1 amide bonds. The average Bonchev–Trinajstić information content (AvgIpc) is 3.32. The maximum absolute atomic E-state index is 13.1. The van der Waals surface area contributed by atoms with Gasteiger partial charge in [-0.3, -0.25) is 14.5 Å². The van der Waals surface area contributed by atoms with Crippen LogP contribution in [-0.4, -0.2) is 39.1 Å². The van der Waals surface area contributed by atoms with Crippen LogP contribution in [-0.2, 0) is 15.0 Å². The fraction of sp³-hybridized carbons (Fsp3) is 0.318. The van der Waals surface area contributed by atoms with Gasteiger partial charge in [-0.2, -0.15) is 5.10 Å². The van der Waals surface area contributed by atoms with Gasteiger partial charge in [-0.05, 0) is 29.6 Å². The molecule has 2 aromatic heterocycles. The van der Waals surface area contributed by atoms with E-state index in [0.29, 0.717) is 16.5 Å². The Bertz CT molecular complexity index is 1140. The second kappa shape index (κ2) is 8.33. The molecule has 162 valence electrons. The Morgan fingerprint density at radius 1 is 1.29 bits per heavy atom. The van der Waals surface area contributed by atoms with E-state index < -0.39 is 12.5 Å². The van der Waals surface area contributed by atoms with Gasteiger partial charge in [0.1, 0.15) is 12.4 Å². The Hall–Kier alpha value is -2.29. The molecule has 31 heavy (non-hydrogen) atoms.